The second kappa shape index (κ2) is 7.09. The van der Waals surface area contributed by atoms with E-state index in [1.165, 1.54) is 17.4 Å². The van der Waals surface area contributed by atoms with E-state index in [9.17, 15) is 8.42 Å². The summed E-state index contributed by atoms with van der Waals surface area (Å²) in [6.45, 7) is 0.655. The minimum Gasteiger partial charge on any atom is -0.316 e. The number of hydrogen-bond acceptors (Lipinski definition) is 4. The van der Waals surface area contributed by atoms with Crippen molar-refractivity contribution in [1.82, 2.24) is 10.0 Å². The van der Waals surface area contributed by atoms with Gasteiger partial charge in [0.2, 0.25) is 10.0 Å². The number of sulfonamides is 1. The molecule has 2 aromatic rings. The number of nitrogens with one attached hydrogen (secondary N) is 2. The van der Waals surface area contributed by atoms with Crippen LogP contribution >= 0.6 is 34.5 Å². The fourth-order valence-electron chi connectivity index (χ4n) is 1.78. The van der Waals surface area contributed by atoms with Crippen LogP contribution in [-0.4, -0.2) is 15.5 Å². The molecule has 0 unspecified atom stereocenters. The first kappa shape index (κ1) is 16.7. The Bertz CT molecular complexity index is 716. The number of thiophene rings is 1. The molecule has 1 aromatic heterocycles. The molecule has 0 radical (unpaired) electrons. The SMILES string of the molecule is CNCc1cc(Cl)cc(S(=O)(=O)NCc2ccsc2)c1Cl. The van der Waals surface area contributed by atoms with Gasteiger partial charge in [-0.1, -0.05) is 23.2 Å². The zero-order valence-corrected chi connectivity index (χ0v) is 14.3. The molecule has 2 rings (SSSR count). The third-order valence-electron chi connectivity index (χ3n) is 2.78. The molecule has 0 saturated heterocycles. The van der Waals surface area contributed by atoms with Gasteiger partial charge in [0.15, 0.2) is 0 Å². The molecule has 4 nitrogen and oxygen atoms in total. The van der Waals surface area contributed by atoms with Crippen molar-refractivity contribution >= 4 is 44.6 Å². The van der Waals surface area contributed by atoms with Gasteiger partial charge in [-0.15, -0.1) is 0 Å². The van der Waals surface area contributed by atoms with Crippen molar-refractivity contribution in [3.63, 3.8) is 0 Å². The molecule has 0 fully saturated rings. The molecular formula is C13H14Cl2N2O2S2. The van der Waals surface area contributed by atoms with Crippen molar-refractivity contribution < 1.29 is 8.42 Å². The smallest absolute Gasteiger partial charge is 0.242 e. The maximum atomic E-state index is 12.4. The molecule has 1 heterocycles. The summed E-state index contributed by atoms with van der Waals surface area (Å²) in [6.07, 6.45) is 0. The third kappa shape index (κ3) is 4.18. The average molecular weight is 365 g/mol. The van der Waals surface area contributed by atoms with E-state index in [2.05, 4.69) is 10.0 Å². The van der Waals surface area contributed by atoms with Gasteiger partial charge in [-0.25, -0.2) is 13.1 Å². The van der Waals surface area contributed by atoms with Crippen molar-refractivity contribution in [2.24, 2.45) is 0 Å². The number of hydrogen-bond donors (Lipinski definition) is 2. The van der Waals surface area contributed by atoms with Crippen LogP contribution in [0.15, 0.2) is 33.9 Å². The summed E-state index contributed by atoms with van der Waals surface area (Å²) in [6, 6.07) is 4.87. The van der Waals surface area contributed by atoms with Crippen molar-refractivity contribution in [3.05, 3.63) is 50.1 Å². The molecule has 8 heteroatoms. The summed E-state index contributed by atoms with van der Waals surface area (Å²) in [7, 11) is -1.97. The van der Waals surface area contributed by atoms with E-state index in [4.69, 9.17) is 23.2 Å². The second-order valence-electron chi connectivity index (χ2n) is 4.36. The summed E-state index contributed by atoms with van der Waals surface area (Å²) in [4.78, 5) is -0.00264. The van der Waals surface area contributed by atoms with Crippen LogP contribution in [0.5, 0.6) is 0 Å². The summed E-state index contributed by atoms with van der Waals surface area (Å²) in [5.41, 5.74) is 1.54. The van der Waals surface area contributed by atoms with Gasteiger partial charge < -0.3 is 5.32 Å². The van der Waals surface area contributed by atoms with E-state index in [0.717, 1.165) is 5.56 Å². The van der Waals surface area contributed by atoms with Gasteiger partial charge in [0, 0.05) is 18.1 Å². The van der Waals surface area contributed by atoms with Gasteiger partial charge in [0.25, 0.3) is 0 Å². The van der Waals surface area contributed by atoms with E-state index in [1.54, 1.807) is 13.1 Å². The lowest BCUT2D eigenvalue weighted by Gasteiger charge is -2.12. The average Bonchev–Trinajstić information content (AvgIpc) is 2.94. The van der Waals surface area contributed by atoms with Crippen molar-refractivity contribution in [2.75, 3.05) is 7.05 Å². The van der Waals surface area contributed by atoms with E-state index in [0.29, 0.717) is 17.1 Å². The Kier molecular flexibility index (Phi) is 5.65. The molecule has 0 spiro atoms. The maximum absolute atomic E-state index is 12.4. The zero-order chi connectivity index (χ0) is 15.5. The van der Waals surface area contributed by atoms with Crippen molar-refractivity contribution in [3.8, 4) is 0 Å². The minimum atomic E-state index is -3.72. The Labute approximate surface area is 138 Å². The maximum Gasteiger partial charge on any atom is 0.242 e. The lowest BCUT2D eigenvalue weighted by atomic mass is 10.2. The standard InChI is InChI=1S/C13H14Cl2N2O2S2/c1-16-7-10-4-11(14)5-12(13(10)15)21(18,19)17-6-9-2-3-20-8-9/h2-5,8,16-17H,6-7H2,1H3. The minimum absolute atomic E-state index is 0.00264. The van der Waals surface area contributed by atoms with E-state index >= 15 is 0 Å². The summed E-state index contributed by atoms with van der Waals surface area (Å²) >= 11 is 13.7. The van der Waals surface area contributed by atoms with Crippen LogP contribution in [0.3, 0.4) is 0 Å². The molecule has 114 valence electrons. The first-order valence-corrected chi connectivity index (χ1v) is 9.25. The first-order chi connectivity index (χ1) is 9.94. The molecule has 21 heavy (non-hydrogen) atoms. The normalized spacial score (nSPS) is 11.8. The van der Waals surface area contributed by atoms with Crippen LogP contribution in [0.2, 0.25) is 10.0 Å². The van der Waals surface area contributed by atoms with E-state index in [-0.39, 0.29) is 16.5 Å². The van der Waals surface area contributed by atoms with E-state index in [1.807, 2.05) is 16.8 Å². The Morgan fingerprint density at radius 1 is 1.24 bits per heavy atom. The Morgan fingerprint density at radius 3 is 2.62 bits per heavy atom. The molecule has 2 N–H and O–H groups in total. The number of halogens is 2. The predicted octanol–water partition coefficient (Wildman–Crippen LogP) is 3.25. The molecule has 0 atom stereocenters. The van der Waals surface area contributed by atoms with Gasteiger partial charge in [-0.05, 0) is 47.1 Å². The molecule has 0 aliphatic heterocycles. The lowest BCUT2D eigenvalue weighted by molar-refractivity contribution is 0.581. The van der Waals surface area contributed by atoms with Gasteiger partial charge in [0.05, 0.1) is 5.02 Å². The van der Waals surface area contributed by atoms with Crippen LogP contribution in [0.1, 0.15) is 11.1 Å². The fraction of sp³-hybridized carbons (Fsp3) is 0.231. The highest BCUT2D eigenvalue weighted by atomic mass is 35.5. The lowest BCUT2D eigenvalue weighted by Crippen LogP contribution is -2.24. The van der Waals surface area contributed by atoms with E-state index < -0.39 is 10.0 Å². The molecule has 0 aliphatic carbocycles. The highest BCUT2D eigenvalue weighted by Crippen LogP contribution is 2.29. The monoisotopic (exact) mass is 364 g/mol. The van der Waals surface area contributed by atoms with Crippen LogP contribution in [0.4, 0.5) is 0 Å². The quantitative estimate of drug-likeness (QED) is 0.826. The van der Waals surface area contributed by atoms with Crippen molar-refractivity contribution in [1.29, 1.82) is 0 Å². The largest absolute Gasteiger partial charge is 0.316 e. The summed E-state index contributed by atoms with van der Waals surface area (Å²) < 4.78 is 27.3. The first-order valence-electron chi connectivity index (χ1n) is 6.07. The van der Waals surface area contributed by atoms with Crippen LogP contribution in [0, 0.1) is 0 Å². The zero-order valence-electron chi connectivity index (χ0n) is 11.2. The Hall–Kier alpha value is -0.630. The Morgan fingerprint density at radius 2 is 2.00 bits per heavy atom. The predicted molar refractivity (Wildman–Crippen MR) is 87.6 cm³/mol. The molecule has 1 aromatic carbocycles. The molecule has 0 bridgehead atoms. The fourth-order valence-corrected chi connectivity index (χ4v) is 4.40. The molecule has 0 amide bonds. The second-order valence-corrected chi connectivity index (χ2v) is 7.69. The van der Waals surface area contributed by atoms with Crippen LogP contribution in [0.25, 0.3) is 0 Å². The Balaban J connectivity index is 2.30. The summed E-state index contributed by atoms with van der Waals surface area (Å²) in [5, 5.41) is 7.22. The van der Waals surface area contributed by atoms with Gasteiger partial charge in [-0.2, -0.15) is 11.3 Å². The number of benzene rings is 1. The van der Waals surface area contributed by atoms with Crippen molar-refractivity contribution in [2.45, 2.75) is 18.0 Å². The van der Waals surface area contributed by atoms with Crippen LogP contribution < -0.4 is 10.0 Å². The highest BCUT2D eigenvalue weighted by Gasteiger charge is 2.20. The topological polar surface area (TPSA) is 58.2 Å². The van der Waals surface area contributed by atoms with Gasteiger partial charge >= 0.3 is 0 Å². The van der Waals surface area contributed by atoms with Gasteiger partial charge in [0.1, 0.15) is 4.90 Å². The van der Waals surface area contributed by atoms with Crippen LogP contribution in [-0.2, 0) is 23.1 Å². The molecule has 0 aliphatic rings. The highest BCUT2D eigenvalue weighted by molar-refractivity contribution is 7.89. The molecular weight excluding hydrogens is 351 g/mol. The van der Waals surface area contributed by atoms with Gasteiger partial charge in [-0.3, -0.25) is 0 Å². The number of rotatable bonds is 6. The molecule has 0 saturated carbocycles. The summed E-state index contributed by atoms with van der Waals surface area (Å²) in [5.74, 6) is 0. The third-order valence-corrected chi connectivity index (χ3v) is 5.72.